The van der Waals surface area contributed by atoms with Crippen LogP contribution in [0.4, 0.5) is 11.4 Å². The fourth-order valence-corrected chi connectivity index (χ4v) is 5.96. The van der Waals surface area contributed by atoms with Crippen LogP contribution in [0.2, 0.25) is 0 Å². The Bertz CT molecular complexity index is 1170. The minimum absolute atomic E-state index is 0.0656. The van der Waals surface area contributed by atoms with E-state index in [-0.39, 0.29) is 16.1 Å². The first kappa shape index (κ1) is 22.5. The number of sulfone groups is 1. The highest BCUT2D eigenvalue weighted by Crippen LogP contribution is 2.34. The Balaban J connectivity index is 2.05. The molecule has 0 aliphatic carbocycles. The number of anilines is 1. The largest absolute Gasteiger partial charge is 0.366 e. The van der Waals surface area contributed by atoms with E-state index in [1.807, 2.05) is 4.90 Å². The van der Waals surface area contributed by atoms with Gasteiger partial charge in [-0.05, 0) is 71.1 Å². The molecule has 1 aliphatic heterocycles. The maximum absolute atomic E-state index is 13.0. The Labute approximate surface area is 191 Å². The van der Waals surface area contributed by atoms with Crippen molar-refractivity contribution < 1.29 is 13.3 Å². The summed E-state index contributed by atoms with van der Waals surface area (Å²) in [7, 11) is -4.12. The normalized spacial score (nSPS) is 15.0. The number of nitrogens with zero attached hydrogens (tertiary/aromatic N) is 3. The second-order valence-electron chi connectivity index (χ2n) is 6.75. The van der Waals surface area contributed by atoms with E-state index in [1.54, 1.807) is 30.3 Å². The Kier molecular flexibility index (Phi) is 6.95. The monoisotopic (exact) mass is 553 g/mol. The van der Waals surface area contributed by atoms with Crippen LogP contribution in [0.15, 0.2) is 55.1 Å². The van der Waals surface area contributed by atoms with E-state index >= 15 is 0 Å². The minimum Gasteiger partial charge on any atom is -0.366 e. The second-order valence-corrected chi connectivity index (χ2v) is 10.4. The number of halogens is 2. The summed E-state index contributed by atoms with van der Waals surface area (Å²) >= 11 is 6.43. The average molecular weight is 555 g/mol. The van der Waals surface area contributed by atoms with Crippen molar-refractivity contribution in [1.82, 2.24) is 0 Å². The Morgan fingerprint density at radius 1 is 1.13 bits per heavy atom. The molecule has 0 bridgehead atoms. The average Bonchev–Trinajstić information content (AvgIpc) is 2.74. The van der Waals surface area contributed by atoms with Gasteiger partial charge in [-0.3, -0.25) is 10.1 Å². The van der Waals surface area contributed by atoms with Crippen molar-refractivity contribution in [1.29, 1.82) is 5.26 Å². The molecule has 1 fully saturated rings. The van der Waals surface area contributed by atoms with Crippen molar-refractivity contribution in [3.05, 3.63) is 65.9 Å². The Morgan fingerprint density at radius 3 is 2.47 bits per heavy atom. The maximum Gasteiger partial charge on any atom is 0.293 e. The zero-order valence-electron chi connectivity index (χ0n) is 15.7. The molecule has 3 rings (SSSR count). The van der Waals surface area contributed by atoms with Crippen LogP contribution in [0.3, 0.4) is 0 Å². The van der Waals surface area contributed by atoms with E-state index < -0.39 is 19.7 Å². The van der Waals surface area contributed by atoms with Crippen LogP contribution in [0.25, 0.3) is 6.08 Å². The molecule has 30 heavy (non-hydrogen) atoms. The van der Waals surface area contributed by atoms with Gasteiger partial charge < -0.3 is 4.90 Å². The van der Waals surface area contributed by atoms with Gasteiger partial charge in [0.2, 0.25) is 9.84 Å². The molecule has 10 heteroatoms. The first-order valence-corrected chi connectivity index (χ1v) is 12.2. The fourth-order valence-electron chi connectivity index (χ4n) is 3.30. The van der Waals surface area contributed by atoms with Gasteiger partial charge in [-0.25, -0.2) is 8.42 Å². The van der Waals surface area contributed by atoms with Crippen LogP contribution in [-0.4, -0.2) is 26.4 Å². The number of nitro groups is 1. The first-order valence-electron chi connectivity index (χ1n) is 9.09. The van der Waals surface area contributed by atoms with Crippen molar-refractivity contribution in [3.63, 3.8) is 0 Å². The van der Waals surface area contributed by atoms with Crippen molar-refractivity contribution in [2.75, 3.05) is 18.0 Å². The van der Waals surface area contributed by atoms with Crippen molar-refractivity contribution >= 4 is 59.1 Å². The molecule has 0 spiro atoms. The summed E-state index contributed by atoms with van der Waals surface area (Å²) in [5, 5.41) is 21.2. The molecule has 0 atom stereocenters. The van der Waals surface area contributed by atoms with Crippen molar-refractivity contribution in [2.45, 2.75) is 24.2 Å². The molecule has 0 amide bonds. The van der Waals surface area contributed by atoms with Crippen LogP contribution >= 0.6 is 31.9 Å². The molecule has 0 N–H and O–H groups in total. The third-order valence-electron chi connectivity index (χ3n) is 4.77. The minimum atomic E-state index is -4.12. The van der Waals surface area contributed by atoms with Gasteiger partial charge in [0.05, 0.1) is 9.82 Å². The quantitative estimate of drug-likeness (QED) is 0.276. The highest BCUT2D eigenvalue weighted by atomic mass is 79.9. The number of piperidine rings is 1. The van der Waals surface area contributed by atoms with E-state index in [4.69, 9.17) is 0 Å². The van der Waals surface area contributed by atoms with Crippen LogP contribution in [0.1, 0.15) is 24.8 Å². The predicted molar refractivity (Wildman–Crippen MR) is 122 cm³/mol. The third-order valence-corrected chi connectivity index (χ3v) is 7.93. The van der Waals surface area contributed by atoms with E-state index in [1.165, 1.54) is 12.1 Å². The number of rotatable bonds is 5. The molecule has 0 unspecified atom stereocenters. The second kappa shape index (κ2) is 9.29. The molecular formula is C20H17Br2N3O4S. The van der Waals surface area contributed by atoms with Crippen LogP contribution in [0.5, 0.6) is 0 Å². The predicted octanol–water partition coefficient (Wildman–Crippen LogP) is 5.45. The first-order chi connectivity index (χ1) is 14.2. The molecule has 1 aliphatic rings. The topological polar surface area (TPSA) is 104 Å². The third kappa shape index (κ3) is 4.74. The SMILES string of the molecule is N#C/C(=C\c1ccc(N2CCCCC2)c([N+](=O)[O-])c1)S(=O)(=O)c1cc(Br)ccc1Br. The summed E-state index contributed by atoms with van der Waals surface area (Å²) in [6, 6.07) is 10.9. The molecule has 0 aromatic heterocycles. The van der Waals surface area contributed by atoms with Crippen molar-refractivity contribution in [2.24, 2.45) is 0 Å². The number of benzene rings is 2. The fraction of sp³-hybridized carbons (Fsp3) is 0.250. The van der Waals surface area contributed by atoms with E-state index in [0.29, 0.717) is 14.6 Å². The van der Waals surface area contributed by atoms with Crippen LogP contribution < -0.4 is 4.90 Å². The van der Waals surface area contributed by atoms with Gasteiger partial charge in [0.1, 0.15) is 16.7 Å². The lowest BCUT2D eigenvalue weighted by Crippen LogP contribution is -2.29. The molecule has 0 radical (unpaired) electrons. The van der Waals surface area contributed by atoms with Gasteiger partial charge in [0, 0.05) is 28.1 Å². The van der Waals surface area contributed by atoms with Gasteiger partial charge in [0.15, 0.2) is 0 Å². The summed E-state index contributed by atoms with van der Waals surface area (Å²) in [6.07, 6.45) is 4.20. The number of nitro benzene ring substituents is 1. The molecule has 2 aromatic carbocycles. The number of hydrogen-bond acceptors (Lipinski definition) is 6. The van der Waals surface area contributed by atoms with Crippen LogP contribution in [-0.2, 0) is 9.84 Å². The van der Waals surface area contributed by atoms with Crippen LogP contribution in [0, 0.1) is 21.4 Å². The van der Waals surface area contributed by atoms with E-state index in [9.17, 15) is 23.8 Å². The zero-order chi connectivity index (χ0) is 21.9. The van der Waals surface area contributed by atoms with Gasteiger partial charge in [-0.15, -0.1) is 0 Å². The van der Waals surface area contributed by atoms with Gasteiger partial charge in [0.25, 0.3) is 5.69 Å². The summed E-state index contributed by atoms with van der Waals surface area (Å²) in [4.78, 5) is 12.6. The summed E-state index contributed by atoms with van der Waals surface area (Å²) in [5.41, 5.74) is 0.672. The lowest BCUT2D eigenvalue weighted by molar-refractivity contribution is -0.384. The van der Waals surface area contributed by atoms with E-state index in [2.05, 4.69) is 31.9 Å². The molecule has 7 nitrogen and oxygen atoms in total. The molecule has 156 valence electrons. The molecule has 1 saturated heterocycles. The molecular weight excluding hydrogens is 538 g/mol. The lowest BCUT2D eigenvalue weighted by Gasteiger charge is -2.28. The highest BCUT2D eigenvalue weighted by molar-refractivity contribution is 9.11. The van der Waals surface area contributed by atoms with Gasteiger partial charge in [-0.1, -0.05) is 22.0 Å². The van der Waals surface area contributed by atoms with Gasteiger partial charge >= 0.3 is 0 Å². The summed E-state index contributed by atoms with van der Waals surface area (Å²) in [5.74, 6) is 0. The zero-order valence-corrected chi connectivity index (χ0v) is 19.7. The Hall–Kier alpha value is -2.22. The standard InChI is InChI=1S/C20H17Br2N3O4S/c21-15-5-6-17(22)20(12-15)30(28,29)16(13-23)10-14-4-7-18(19(11-14)25(26)27)24-8-2-1-3-9-24/h4-7,10-12H,1-3,8-9H2/b16-10+. The molecule has 0 saturated carbocycles. The van der Waals surface area contributed by atoms with Crippen molar-refractivity contribution in [3.8, 4) is 6.07 Å². The smallest absolute Gasteiger partial charge is 0.293 e. The highest BCUT2D eigenvalue weighted by Gasteiger charge is 2.25. The Morgan fingerprint density at radius 2 is 1.83 bits per heavy atom. The molecule has 1 heterocycles. The number of allylic oxidation sites excluding steroid dienone is 1. The maximum atomic E-state index is 13.0. The summed E-state index contributed by atoms with van der Waals surface area (Å²) < 4.78 is 26.8. The summed E-state index contributed by atoms with van der Waals surface area (Å²) in [6.45, 7) is 1.48. The number of hydrogen-bond donors (Lipinski definition) is 0. The number of nitriles is 1. The van der Waals surface area contributed by atoms with Gasteiger partial charge in [-0.2, -0.15) is 5.26 Å². The van der Waals surface area contributed by atoms with E-state index in [0.717, 1.165) is 38.4 Å². The molecule has 2 aromatic rings. The lowest BCUT2D eigenvalue weighted by atomic mass is 10.1.